The maximum absolute atomic E-state index is 13.0. The number of benzene rings is 3. The lowest BCUT2D eigenvalue weighted by Crippen LogP contribution is -2.16. The standard InChI is InChI=1S/C29H25N7O3S/c1-19-15-23(25(39-2)16-22(19)33-28(38)20-9-5-3-6-10-20)32-26(37)18-40-29-35-34-27(24-17-30-13-14-31-24)36(29)21-11-7-4-8-12-21/h3-17H,18H2,1-2H3,(H,32,37)(H,33,38). The molecular weight excluding hydrogens is 526 g/mol. The molecule has 2 N–H and O–H groups in total. The number of thioether (sulfide) groups is 1. The minimum Gasteiger partial charge on any atom is -0.494 e. The zero-order valence-electron chi connectivity index (χ0n) is 21.7. The minimum atomic E-state index is -0.257. The first-order valence-corrected chi connectivity index (χ1v) is 13.3. The Labute approximate surface area is 234 Å². The molecule has 40 heavy (non-hydrogen) atoms. The van der Waals surface area contributed by atoms with Gasteiger partial charge in [0.2, 0.25) is 5.91 Å². The van der Waals surface area contributed by atoms with Crippen LogP contribution in [-0.4, -0.2) is 49.4 Å². The van der Waals surface area contributed by atoms with E-state index in [9.17, 15) is 9.59 Å². The molecule has 10 nitrogen and oxygen atoms in total. The zero-order valence-corrected chi connectivity index (χ0v) is 22.6. The number of nitrogens with one attached hydrogen (secondary N) is 2. The summed E-state index contributed by atoms with van der Waals surface area (Å²) in [5, 5.41) is 15.0. The van der Waals surface area contributed by atoms with E-state index in [1.165, 1.54) is 18.9 Å². The third-order valence-corrected chi connectivity index (χ3v) is 6.81. The lowest BCUT2D eigenvalue weighted by Gasteiger charge is -2.15. The Morgan fingerprint density at radius 1 is 0.925 bits per heavy atom. The molecule has 11 heteroatoms. The molecule has 0 aliphatic rings. The molecule has 0 spiro atoms. The summed E-state index contributed by atoms with van der Waals surface area (Å²) in [6, 6.07) is 22.0. The first-order chi connectivity index (χ1) is 19.5. The summed E-state index contributed by atoms with van der Waals surface area (Å²) in [5.74, 6) is 0.521. The fourth-order valence-corrected chi connectivity index (χ4v) is 4.70. The zero-order chi connectivity index (χ0) is 27.9. The predicted molar refractivity (Wildman–Crippen MR) is 154 cm³/mol. The Balaban J connectivity index is 1.32. The van der Waals surface area contributed by atoms with Crippen LogP contribution in [0.15, 0.2) is 96.5 Å². The highest BCUT2D eigenvalue weighted by atomic mass is 32.2. The number of ether oxygens (including phenoxy) is 1. The van der Waals surface area contributed by atoms with Gasteiger partial charge in [0.05, 0.1) is 24.7 Å². The van der Waals surface area contributed by atoms with Gasteiger partial charge in [-0.1, -0.05) is 48.2 Å². The number of hydrogen-bond donors (Lipinski definition) is 2. The molecule has 0 fully saturated rings. The molecule has 0 bridgehead atoms. The van der Waals surface area contributed by atoms with E-state index in [2.05, 4.69) is 30.8 Å². The van der Waals surface area contributed by atoms with Gasteiger partial charge in [-0.05, 0) is 42.8 Å². The van der Waals surface area contributed by atoms with E-state index in [0.717, 1.165) is 11.3 Å². The van der Waals surface area contributed by atoms with Crippen molar-refractivity contribution in [1.29, 1.82) is 0 Å². The van der Waals surface area contributed by atoms with Gasteiger partial charge in [-0.3, -0.25) is 19.1 Å². The summed E-state index contributed by atoms with van der Waals surface area (Å²) in [4.78, 5) is 34.1. The molecule has 0 aliphatic heterocycles. The fraction of sp³-hybridized carbons (Fsp3) is 0.103. The SMILES string of the molecule is COc1cc(NC(=O)c2ccccc2)c(C)cc1NC(=O)CSc1nnc(-c2cnccn2)n1-c1ccccc1. The number of para-hydroxylation sites is 1. The van der Waals surface area contributed by atoms with E-state index in [1.807, 2.05) is 47.9 Å². The number of nitrogens with zero attached hydrogens (tertiary/aromatic N) is 5. The first-order valence-electron chi connectivity index (χ1n) is 12.3. The van der Waals surface area contributed by atoms with Gasteiger partial charge in [0, 0.05) is 35.4 Å². The van der Waals surface area contributed by atoms with Crippen LogP contribution in [0.25, 0.3) is 17.2 Å². The second kappa shape index (κ2) is 12.2. The number of carbonyl (C=O) groups is 2. The molecule has 0 aliphatic carbocycles. The maximum Gasteiger partial charge on any atom is 0.255 e. The van der Waals surface area contributed by atoms with Crippen molar-refractivity contribution in [3.63, 3.8) is 0 Å². The van der Waals surface area contributed by atoms with E-state index in [4.69, 9.17) is 4.74 Å². The van der Waals surface area contributed by atoms with Crippen molar-refractivity contribution in [2.45, 2.75) is 12.1 Å². The van der Waals surface area contributed by atoms with Gasteiger partial charge < -0.3 is 15.4 Å². The summed E-state index contributed by atoms with van der Waals surface area (Å²) < 4.78 is 7.35. The quantitative estimate of drug-likeness (QED) is 0.245. The molecule has 200 valence electrons. The number of aromatic nitrogens is 5. The molecule has 2 aromatic heterocycles. The Hall–Kier alpha value is -5.03. The number of anilines is 2. The second-order valence-electron chi connectivity index (χ2n) is 8.59. The highest BCUT2D eigenvalue weighted by Crippen LogP contribution is 2.32. The molecule has 2 amide bonds. The largest absolute Gasteiger partial charge is 0.494 e. The smallest absolute Gasteiger partial charge is 0.255 e. The van der Waals surface area contributed by atoms with Gasteiger partial charge >= 0.3 is 0 Å². The third-order valence-electron chi connectivity index (χ3n) is 5.88. The number of methoxy groups -OCH3 is 1. The fourth-order valence-electron chi connectivity index (χ4n) is 3.94. The first kappa shape index (κ1) is 26.6. The van der Waals surface area contributed by atoms with Crippen LogP contribution in [0.5, 0.6) is 5.75 Å². The van der Waals surface area contributed by atoms with Crippen LogP contribution in [0.3, 0.4) is 0 Å². The van der Waals surface area contributed by atoms with E-state index < -0.39 is 0 Å². The number of rotatable bonds is 9. The number of hydrogen-bond acceptors (Lipinski definition) is 8. The molecule has 0 saturated heterocycles. The van der Waals surface area contributed by atoms with Crippen molar-refractivity contribution in [3.05, 3.63) is 103 Å². The molecule has 5 rings (SSSR count). The summed E-state index contributed by atoms with van der Waals surface area (Å²) in [6.45, 7) is 1.85. The molecule has 5 aromatic rings. The molecular formula is C29H25N7O3S. The Bertz CT molecular complexity index is 1630. The molecule has 3 aromatic carbocycles. The van der Waals surface area contributed by atoms with Crippen LogP contribution in [0.1, 0.15) is 15.9 Å². The number of carbonyl (C=O) groups excluding carboxylic acids is 2. The second-order valence-corrected chi connectivity index (χ2v) is 9.53. The molecule has 0 radical (unpaired) electrons. The molecule has 0 unspecified atom stereocenters. The average Bonchev–Trinajstić information content (AvgIpc) is 3.43. The van der Waals surface area contributed by atoms with E-state index in [-0.39, 0.29) is 17.6 Å². The van der Waals surface area contributed by atoms with Crippen LogP contribution < -0.4 is 15.4 Å². The van der Waals surface area contributed by atoms with Crippen molar-refractivity contribution >= 4 is 35.0 Å². The summed E-state index contributed by atoms with van der Waals surface area (Å²) in [5.41, 5.74) is 3.79. The van der Waals surface area contributed by atoms with Gasteiger partial charge in [-0.2, -0.15) is 0 Å². The van der Waals surface area contributed by atoms with Crippen molar-refractivity contribution in [3.8, 4) is 23.0 Å². The highest BCUT2D eigenvalue weighted by Gasteiger charge is 2.19. The average molecular weight is 552 g/mol. The van der Waals surface area contributed by atoms with Crippen LogP contribution >= 0.6 is 11.8 Å². The van der Waals surface area contributed by atoms with Crippen molar-refractivity contribution in [1.82, 2.24) is 24.7 Å². The van der Waals surface area contributed by atoms with Crippen molar-refractivity contribution in [2.75, 3.05) is 23.5 Å². The van der Waals surface area contributed by atoms with Crippen LogP contribution in [0.4, 0.5) is 11.4 Å². The minimum absolute atomic E-state index is 0.0696. The topological polar surface area (TPSA) is 124 Å². The summed E-state index contributed by atoms with van der Waals surface area (Å²) in [6.07, 6.45) is 4.80. The number of amides is 2. The summed E-state index contributed by atoms with van der Waals surface area (Å²) in [7, 11) is 1.51. The Morgan fingerprint density at radius 2 is 1.68 bits per heavy atom. The van der Waals surface area contributed by atoms with Crippen LogP contribution in [0.2, 0.25) is 0 Å². The van der Waals surface area contributed by atoms with E-state index in [0.29, 0.717) is 39.4 Å². The van der Waals surface area contributed by atoms with E-state index >= 15 is 0 Å². The molecule has 0 atom stereocenters. The van der Waals surface area contributed by atoms with E-state index in [1.54, 1.807) is 55.0 Å². The third kappa shape index (κ3) is 6.00. The lowest BCUT2D eigenvalue weighted by molar-refractivity contribution is -0.113. The monoisotopic (exact) mass is 551 g/mol. The normalized spacial score (nSPS) is 10.7. The van der Waals surface area contributed by atoms with Gasteiger partial charge in [-0.15, -0.1) is 10.2 Å². The lowest BCUT2D eigenvalue weighted by atomic mass is 10.1. The molecule has 0 saturated carbocycles. The van der Waals surface area contributed by atoms with Crippen LogP contribution in [0, 0.1) is 6.92 Å². The Morgan fingerprint density at radius 3 is 2.38 bits per heavy atom. The van der Waals surface area contributed by atoms with Crippen molar-refractivity contribution in [2.24, 2.45) is 0 Å². The highest BCUT2D eigenvalue weighted by molar-refractivity contribution is 7.99. The number of aryl methyl sites for hydroxylation is 1. The van der Waals surface area contributed by atoms with Crippen LogP contribution in [-0.2, 0) is 4.79 Å². The van der Waals surface area contributed by atoms with Crippen molar-refractivity contribution < 1.29 is 14.3 Å². The molecule has 2 heterocycles. The van der Waals surface area contributed by atoms with Gasteiger partial charge in [0.1, 0.15) is 11.4 Å². The Kier molecular flexibility index (Phi) is 8.12. The summed E-state index contributed by atoms with van der Waals surface area (Å²) >= 11 is 1.24. The predicted octanol–water partition coefficient (Wildman–Crippen LogP) is 5.02. The maximum atomic E-state index is 13.0. The van der Waals surface area contributed by atoms with Gasteiger partial charge in [-0.25, -0.2) is 4.98 Å². The van der Waals surface area contributed by atoms with Gasteiger partial charge in [0.15, 0.2) is 11.0 Å². The van der Waals surface area contributed by atoms with Gasteiger partial charge in [0.25, 0.3) is 5.91 Å².